The van der Waals surface area contributed by atoms with Gasteiger partial charge in [-0.3, -0.25) is 9.69 Å². The highest BCUT2D eigenvalue weighted by Crippen LogP contribution is 2.07. The molecule has 0 spiro atoms. The van der Waals surface area contributed by atoms with Crippen molar-refractivity contribution in [1.29, 1.82) is 0 Å². The van der Waals surface area contributed by atoms with Gasteiger partial charge in [-0.1, -0.05) is 51.5 Å². The first-order valence-corrected chi connectivity index (χ1v) is 7.94. The molecular weight excluding hydrogens is 262 g/mol. The number of carbonyl (C=O) groups is 1. The third kappa shape index (κ3) is 6.27. The van der Waals surface area contributed by atoms with Gasteiger partial charge in [-0.2, -0.15) is 0 Å². The van der Waals surface area contributed by atoms with E-state index in [0.717, 1.165) is 38.0 Å². The second-order valence-corrected chi connectivity index (χ2v) is 5.39. The molecule has 1 aromatic rings. The van der Waals surface area contributed by atoms with Gasteiger partial charge in [0, 0.05) is 13.1 Å². The second kappa shape index (κ2) is 9.53. The predicted octanol–water partition coefficient (Wildman–Crippen LogP) is 2.27. The number of benzene rings is 1. The lowest BCUT2D eigenvalue weighted by Crippen LogP contribution is -2.40. The van der Waals surface area contributed by atoms with Crippen LogP contribution >= 0.6 is 0 Å². The van der Waals surface area contributed by atoms with Crippen LogP contribution in [0.5, 0.6) is 0 Å². The molecular formula is C17H29N3O. The van der Waals surface area contributed by atoms with Crippen molar-refractivity contribution >= 4 is 5.91 Å². The van der Waals surface area contributed by atoms with Crippen molar-refractivity contribution in [1.82, 2.24) is 10.2 Å². The van der Waals surface area contributed by atoms with E-state index < -0.39 is 6.04 Å². The summed E-state index contributed by atoms with van der Waals surface area (Å²) in [6.07, 6.45) is 1.66. The normalized spacial score (nSPS) is 12.4. The molecule has 0 unspecified atom stereocenters. The summed E-state index contributed by atoms with van der Waals surface area (Å²) in [7, 11) is 0. The Balaban J connectivity index is 2.46. The molecule has 0 fully saturated rings. The molecule has 0 aliphatic carbocycles. The summed E-state index contributed by atoms with van der Waals surface area (Å²) < 4.78 is 0. The highest BCUT2D eigenvalue weighted by molar-refractivity contribution is 5.81. The Labute approximate surface area is 128 Å². The van der Waals surface area contributed by atoms with E-state index in [1.54, 1.807) is 0 Å². The van der Waals surface area contributed by atoms with Crippen molar-refractivity contribution in [2.75, 3.05) is 13.1 Å². The van der Waals surface area contributed by atoms with Crippen molar-refractivity contribution in [3.8, 4) is 0 Å². The molecule has 4 nitrogen and oxygen atoms in total. The van der Waals surface area contributed by atoms with Gasteiger partial charge in [-0.05, 0) is 30.6 Å². The van der Waals surface area contributed by atoms with Crippen molar-refractivity contribution < 1.29 is 4.79 Å². The van der Waals surface area contributed by atoms with E-state index in [1.165, 1.54) is 5.56 Å². The highest BCUT2D eigenvalue weighted by atomic mass is 16.2. The highest BCUT2D eigenvalue weighted by Gasteiger charge is 2.11. The van der Waals surface area contributed by atoms with Crippen LogP contribution in [0.4, 0.5) is 0 Å². The van der Waals surface area contributed by atoms with E-state index in [2.05, 4.69) is 48.3 Å². The molecule has 0 saturated carbocycles. The summed E-state index contributed by atoms with van der Waals surface area (Å²) in [5.41, 5.74) is 8.19. The zero-order chi connectivity index (χ0) is 15.7. The number of hydrogen-bond donors (Lipinski definition) is 2. The molecule has 4 heteroatoms. The number of nitrogens with one attached hydrogen (secondary N) is 1. The Hall–Kier alpha value is -1.39. The van der Waals surface area contributed by atoms with E-state index in [4.69, 9.17) is 5.73 Å². The van der Waals surface area contributed by atoms with Crippen molar-refractivity contribution in [2.45, 2.75) is 52.7 Å². The van der Waals surface area contributed by atoms with Gasteiger partial charge in [0.25, 0.3) is 0 Å². The predicted molar refractivity (Wildman–Crippen MR) is 87.8 cm³/mol. The van der Waals surface area contributed by atoms with Crippen LogP contribution in [0, 0.1) is 0 Å². The number of hydrogen-bond acceptors (Lipinski definition) is 3. The largest absolute Gasteiger partial charge is 0.351 e. The molecule has 0 aliphatic heterocycles. The number of nitrogens with two attached hydrogens (primary N) is 1. The van der Waals surface area contributed by atoms with Crippen molar-refractivity contribution in [3.63, 3.8) is 0 Å². The fourth-order valence-electron chi connectivity index (χ4n) is 2.23. The molecule has 1 rings (SSSR count). The van der Waals surface area contributed by atoms with Gasteiger partial charge in [0.1, 0.15) is 0 Å². The number of carbonyl (C=O) groups excluding carboxylic acids is 1. The standard InChI is InChI=1S/C17H29N3O/c1-4-7-16(18)17(21)19-12-14-8-10-15(11-9-14)13-20(5-2)6-3/h8-11,16H,4-7,12-13,18H2,1-3H3,(H,19,21)/t16-/m0/s1. The van der Waals surface area contributed by atoms with E-state index in [9.17, 15) is 4.79 Å². The molecule has 0 radical (unpaired) electrons. The molecule has 3 N–H and O–H groups in total. The van der Waals surface area contributed by atoms with Crippen LogP contribution in [0.1, 0.15) is 44.7 Å². The fraction of sp³-hybridized carbons (Fsp3) is 0.588. The SMILES string of the molecule is CCC[C@H](N)C(=O)NCc1ccc(CN(CC)CC)cc1. The lowest BCUT2D eigenvalue weighted by molar-refractivity contribution is -0.122. The minimum absolute atomic E-state index is 0.0657. The average molecular weight is 291 g/mol. The van der Waals surface area contributed by atoms with E-state index >= 15 is 0 Å². The third-order valence-corrected chi connectivity index (χ3v) is 3.73. The first-order chi connectivity index (χ1) is 10.1. The Morgan fingerprint density at radius 2 is 1.71 bits per heavy atom. The molecule has 0 saturated heterocycles. The van der Waals surface area contributed by atoms with Gasteiger partial charge in [0.15, 0.2) is 0 Å². The van der Waals surface area contributed by atoms with Crippen LogP contribution in [0.25, 0.3) is 0 Å². The maximum Gasteiger partial charge on any atom is 0.237 e. The average Bonchev–Trinajstić information content (AvgIpc) is 2.51. The van der Waals surface area contributed by atoms with Crippen LogP contribution in [0.3, 0.4) is 0 Å². The van der Waals surface area contributed by atoms with Crippen LogP contribution in [0.2, 0.25) is 0 Å². The smallest absolute Gasteiger partial charge is 0.237 e. The molecule has 1 atom stereocenters. The zero-order valence-corrected chi connectivity index (χ0v) is 13.6. The number of nitrogens with zero attached hydrogens (tertiary/aromatic N) is 1. The molecule has 1 aromatic carbocycles. The Morgan fingerprint density at radius 1 is 1.14 bits per heavy atom. The van der Waals surface area contributed by atoms with Crippen LogP contribution in [-0.4, -0.2) is 29.9 Å². The fourth-order valence-corrected chi connectivity index (χ4v) is 2.23. The lowest BCUT2D eigenvalue weighted by Gasteiger charge is -2.18. The summed E-state index contributed by atoms with van der Waals surface area (Å²) in [4.78, 5) is 14.1. The Morgan fingerprint density at radius 3 is 2.24 bits per heavy atom. The van der Waals surface area contributed by atoms with Crippen molar-refractivity contribution in [3.05, 3.63) is 35.4 Å². The maximum atomic E-state index is 11.8. The van der Waals surface area contributed by atoms with Crippen LogP contribution in [0.15, 0.2) is 24.3 Å². The molecule has 0 aliphatic rings. The summed E-state index contributed by atoms with van der Waals surface area (Å²) in [6.45, 7) is 10.0. The summed E-state index contributed by atoms with van der Waals surface area (Å²) in [5.74, 6) is -0.0657. The van der Waals surface area contributed by atoms with E-state index in [1.807, 2.05) is 6.92 Å². The van der Waals surface area contributed by atoms with Gasteiger partial charge in [0.2, 0.25) is 5.91 Å². The van der Waals surface area contributed by atoms with Crippen LogP contribution < -0.4 is 11.1 Å². The quantitative estimate of drug-likeness (QED) is 0.734. The maximum absolute atomic E-state index is 11.8. The molecule has 0 heterocycles. The molecule has 118 valence electrons. The molecule has 21 heavy (non-hydrogen) atoms. The van der Waals surface area contributed by atoms with Gasteiger partial charge >= 0.3 is 0 Å². The van der Waals surface area contributed by atoms with Gasteiger partial charge in [-0.15, -0.1) is 0 Å². The minimum Gasteiger partial charge on any atom is -0.351 e. The van der Waals surface area contributed by atoms with Crippen molar-refractivity contribution in [2.24, 2.45) is 5.73 Å². The Kier molecular flexibility index (Phi) is 8.01. The molecule has 0 aromatic heterocycles. The zero-order valence-electron chi connectivity index (χ0n) is 13.6. The van der Waals surface area contributed by atoms with Gasteiger partial charge in [0.05, 0.1) is 6.04 Å². The van der Waals surface area contributed by atoms with Gasteiger partial charge in [-0.25, -0.2) is 0 Å². The monoisotopic (exact) mass is 291 g/mol. The summed E-state index contributed by atoms with van der Waals surface area (Å²) in [5, 5.41) is 2.89. The second-order valence-electron chi connectivity index (χ2n) is 5.39. The van der Waals surface area contributed by atoms with E-state index in [-0.39, 0.29) is 5.91 Å². The third-order valence-electron chi connectivity index (χ3n) is 3.73. The molecule has 1 amide bonds. The topological polar surface area (TPSA) is 58.4 Å². The first kappa shape index (κ1) is 17.7. The lowest BCUT2D eigenvalue weighted by atomic mass is 10.1. The molecule has 0 bridgehead atoms. The van der Waals surface area contributed by atoms with Crippen LogP contribution in [-0.2, 0) is 17.9 Å². The number of amides is 1. The number of rotatable bonds is 9. The first-order valence-electron chi connectivity index (χ1n) is 7.94. The Bertz CT molecular complexity index is 413. The van der Waals surface area contributed by atoms with Gasteiger partial charge < -0.3 is 11.1 Å². The van der Waals surface area contributed by atoms with E-state index in [0.29, 0.717) is 6.54 Å². The summed E-state index contributed by atoms with van der Waals surface area (Å²) in [6, 6.07) is 8.02. The summed E-state index contributed by atoms with van der Waals surface area (Å²) >= 11 is 0. The minimum atomic E-state index is -0.392.